The number of ether oxygens (including phenoxy) is 1. The number of aliphatic hydroxyl groups excluding tert-OH is 1. The number of methoxy groups -OCH3 is 1. The average Bonchev–Trinajstić information content (AvgIpc) is 2.76. The number of esters is 1. The maximum Gasteiger partial charge on any atom is 0.335 e. The van der Waals surface area contributed by atoms with Crippen LogP contribution in [0.4, 0.5) is 0 Å². The lowest BCUT2D eigenvalue weighted by Gasteiger charge is -2.21. The Kier molecular flexibility index (Phi) is 2.59. The SMILES string of the molecule is COC(=O)C(O)[C@@H]1C=C[C@H]2CCC[C@H]21. The van der Waals surface area contributed by atoms with E-state index in [0.717, 1.165) is 6.42 Å². The zero-order valence-electron chi connectivity index (χ0n) is 8.35. The summed E-state index contributed by atoms with van der Waals surface area (Å²) >= 11 is 0. The van der Waals surface area contributed by atoms with Crippen molar-refractivity contribution in [1.29, 1.82) is 0 Å². The average molecular weight is 196 g/mol. The standard InChI is InChI=1S/C11H16O3/c1-14-11(13)10(12)9-6-5-7-3-2-4-8(7)9/h5-10,12H,2-4H2,1H3/t7-,8-,9-,10?/m1/s1. The summed E-state index contributed by atoms with van der Waals surface area (Å²) in [6.45, 7) is 0. The smallest absolute Gasteiger partial charge is 0.335 e. The monoisotopic (exact) mass is 196 g/mol. The summed E-state index contributed by atoms with van der Waals surface area (Å²) in [7, 11) is 1.32. The van der Waals surface area contributed by atoms with E-state index in [1.165, 1.54) is 20.0 Å². The lowest BCUT2D eigenvalue weighted by Crippen LogP contribution is -2.33. The molecule has 3 heteroatoms. The van der Waals surface area contributed by atoms with Gasteiger partial charge in [-0.3, -0.25) is 0 Å². The highest BCUT2D eigenvalue weighted by Crippen LogP contribution is 2.44. The van der Waals surface area contributed by atoms with E-state index in [1.807, 2.05) is 6.08 Å². The molecule has 14 heavy (non-hydrogen) atoms. The molecule has 0 aromatic carbocycles. The van der Waals surface area contributed by atoms with Crippen LogP contribution in [0.25, 0.3) is 0 Å². The highest BCUT2D eigenvalue weighted by Gasteiger charge is 2.41. The third-order valence-electron chi connectivity index (χ3n) is 3.51. The predicted molar refractivity (Wildman–Crippen MR) is 51.5 cm³/mol. The Morgan fingerprint density at radius 2 is 2.29 bits per heavy atom. The summed E-state index contributed by atoms with van der Waals surface area (Å²) < 4.78 is 4.55. The normalized spacial score (nSPS) is 36.9. The molecule has 0 heterocycles. The van der Waals surface area contributed by atoms with E-state index in [9.17, 15) is 9.90 Å². The molecule has 78 valence electrons. The van der Waals surface area contributed by atoms with Crippen molar-refractivity contribution in [2.24, 2.45) is 17.8 Å². The second-order valence-electron chi connectivity index (χ2n) is 4.19. The van der Waals surface area contributed by atoms with Gasteiger partial charge in [-0.15, -0.1) is 0 Å². The van der Waals surface area contributed by atoms with Gasteiger partial charge in [0.05, 0.1) is 7.11 Å². The molecule has 0 aliphatic heterocycles. The van der Waals surface area contributed by atoms with Crippen molar-refractivity contribution < 1.29 is 14.6 Å². The van der Waals surface area contributed by atoms with Crippen molar-refractivity contribution in [3.05, 3.63) is 12.2 Å². The van der Waals surface area contributed by atoms with Gasteiger partial charge < -0.3 is 9.84 Å². The van der Waals surface area contributed by atoms with Crippen LogP contribution in [0.1, 0.15) is 19.3 Å². The Labute approximate surface area is 83.8 Å². The fourth-order valence-corrected chi connectivity index (χ4v) is 2.77. The van der Waals surface area contributed by atoms with Gasteiger partial charge in [0.1, 0.15) is 0 Å². The van der Waals surface area contributed by atoms with Crippen molar-refractivity contribution in [2.75, 3.05) is 7.11 Å². The third kappa shape index (κ3) is 1.46. The van der Waals surface area contributed by atoms with Crippen LogP contribution in [0.2, 0.25) is 0 Å². The third-order valence-corrected chi connectivity index (χ3v) is 3.51. The maximum atomic E-state index is 11.2. The van der Waals surface area contributed by atoms with Crippen LogP contribution in [0.5, 0.6) is 0 Å². The summed E-state index contributed by atoms with van der Waals surface area (Å²) in [5.74, 6) is 0.519. The molecule has 3 nitrogen and oxygen atoms in total. The van der Waals surface area contributed by atoms with Crippen molar-refractivity contribution in [3.8, 4) is 0 Å². The first-order chi connectivity index (χ1) is 6.74. The number of rotatable bonds is 2. The molecule has 1 fully saturated rings. The van der Waals surface area contributed by atoms with Crippen LogP contribution in [0, 0.1) is 17.8 Å². The number of allylic oxidation sites excluding steroid dienone is 1. The zero-order valence-corrected chi connectivity index (χ0v) is 8.35. The van der Waals surface area contributed by atoms with E-state index < -0.39 is 12.1 Å². The van der Waals surface area contributed by atoms with E-state index in [0.29, 0.717) is 11.8 Å². The van der Waals surface area contributed by atoms with Crippen molar-refractivity contribution in [1.82, 2.24) is 0 Å². The first-order valence-corrected chi connectivity index (χ1v) is 5.18. The van der Waals surface area contributed by atoms with Gasteiger partial charge in [0.25, 0.3) is 0 Å². The molecule has 1 unspecified atom stereocenters. The van der Waals surface area contributed by atoms with E-state index in [-0.39, 0.29) is 5.92 Å². The fourth-order valence-electron chi connectivity index (χ4n) is 2.77. The first-order valence-electron chi connectivity index (χ1n) is 5.18. The molecule has 1 N–H and O–H groups in total. The number of carbonyl (C=O) groups excluding carboxylic acids is 1. The van der Waals surface area contributed by atoms with Gasteiger partial charge in [-0.1, -0.05) is 18.6 Å². The van der Waals surface area contributed by atoms with Crippen molar-refractivity contribution in [3.63, 3.8) is 0 Å². The van der Waals surface area contributed by atoms with Gasteiger partial charge >= 0.3 is 5.97 Å². The van der Waals surface area contributed by atoms with E-state index >= 15 is 0 Å². The van der Waals surface area contributed by atoms with Gasteiger partial charge in [0.2, 0.25) is 0 Å². The molecule has 0 amide bonds. The summed E-state index contributed by atoms with van der Waals surface area (Å²) in [6, 6.07) is 0. The summed E-state index contributed by atoms with van der Waals surface area (Å²) in [4.78, 5) is 11.2. The van der Waals surface area contributed by atoms with Crippen LogP contribution in [0.15, 0.2) is 12.2 Å². The number of hydrogen-bond donors (Lipinski definition) is 1. The number of hydrogen-bond acceptors (Lipinski definition) is 3. The highest BCUT2D eigenvalue weighted by atomic mass is 16.5. The van der Waals surface area contributed by atoms with Crippen LogP contribution >= 0.6 is 0 Å². The zero-order chi connectivity index (χ0) is 10.1. The van der Waals surface area contributed by atoms with E-state index in [2.05, 4.69) is 10.8 Å². The van der Waals surface area contributed by atoms with Gasteiger partial charge in [-0.05, 0) is 24.7 Å². The van der Waals surface area contributed by atoms with Gasteiger partial charge in [-0.2, -0.15) is 0 Å². The maximum absolute atomic E-state index is 11.2. The molecule has 4 atom stereocenters. The predicted octanol–water partition coefficient (Wildman–Crippen LogP) is 1.12. The quantitative estimate of drug-likeness (QED) is 0.532. The molecule has 2 rings (SSSR count). The van der Waals surface area contributed by atoms with Crippen LogP contribution in [-0.4, -0.2) is 24.3 Å². The summed E-state index contributed by atoms with van der Waals surface area (Å²) in [5.41, 5.74) is 0. The molecular formula is C11H16O3. The Morgan fingerprint density at radius 1 is 1.50 bits per heavy atom. The highest BCUT2D eigenvalue weighted by molar-refractivity contribution is 5.75. The minimum atomic E-state index is -0.968. The molecule has 0 aromatic heterocycles. The van der Waals surface area contributed by atoms with Crippen molar-refractivity contribution in [2.45, 2.75) is 25.4 Å². The Bertz CT molecular complexity index is 259. The summed E-state index contributed by atoms with van der Waals surface area (Å²) in [6.07, 6.45) is 6.70. The minimum absolute atomic E-state index is 0.0186. The van der Waals surface area contributed by atoms with Crippen molar-refractivity contribution >= 4 is 5.97 Å². The lowest BCUT2D eigenvalue weighted by molar-refractivity contribution is -0.153. The molecule has 1 saturated carbocycles. The molecule has 0 radical (unpaired) electrons. The van der Waals surface area contributed by atoms with Gasteiger partial charge in [0, 0.05) is 5.92 Å². The van der Waals surface area contributed by atoms with Crippen LogP contribution in [-0.2, 0) is 9.53 Å². The largest absolute Gasteiger partial charge is 0.467 e. The Hall–Kier alpha value is -0.830. The van der Waals surface area contributed by atoms with Gasteiger partial charge in [0.15, 0.2) is 6.10 Å². The molecule has 2 aliphatic rings. The van der Waals surface area contributed by atoms with Crippen LogP contribution < -0.4 is 0 Å². The topological polar surface area (TPSA) is 46.5 Å². The second kappa shape index (κ2) is 3.73. The molecule has 0 saturated heterocycles. The second-order valence-corrected chi connectivity index (χ2v) is 4.19. The van der Waals surface area contributed by atoms with Gasteiger partial charge in [-0.25, -0.2) is 4.79 Å². The van der Waals surface area contributed by atoms with E-state index in [1.54, 1.807) is 0 Å². The molecule has 0 spiro atoms. The number of fused-ring (bicyclic) bond motifs is 1. The Morgan fingerprint density at radius 3 is 3.00 bits per heavy atom. The molecule has 0 aromatic rings. The van der Waals surface area contributed by atoms with Crippen LogP contribution in [0.3, 0.4) is 0 Å². The summed E-state index contributed by atoms with van der Waals surface area (Å²) in [5, 5.41) is 9.74. The Balaban J connectivity index is 2.05. The molecule has 0 bridgehead atoms. The number of carbonyl (C=O) groups is 1. The first kappa shape index (κ1) is 9.71. The number of aliphatic hydroxyl groups is 1. The lowest BCUT2D eigenvalue weighted by atomic mass is 9.87. The molecule has 2 aliphatic carbocycles. The van der Waals surface area contributed by atoms with E-state index in [4.69, 9.17) is 0 Å². The fraction of sp³-hybridized carbons (Fsp3) is 0.727. The molecular weight excluding hydrogens is 180 g/mol. The minimum Gasteiger partial charge on any atom is -0.467 e.